The summed E-state index contributed by atoms with van der Waals surface area (Å²) >= 11 is 0. The van der Waals surface area contributed by atoms with E-state index < -0.39 is 5.41 Å². The molecule has 74 valence electrons. The normalized spacial score (nSPS) is 10.8. The molecule has 0 bridgehead atoms. The first-order chi connectivity index (χ1) is 6.51. The second kappa shape index (κ2) is 3.71. The quantitative estimate of drug-likeness (QED) is 0.716. The molecule has 0 saturated carbocycles. The van der Waals surface area contributed by atoms with E-state index in [2.05, 4.69) is 6.07 Å². The fourth-order valence-corrected chi connectivity index (χ4v) is 1.27. The molecule has 0 aliphatic rings. The van der Waals surface area contributed by atoms with Crippen molar-refractivity contribution in [3.8, 4) is 11.8 Å². The van der Waals surface area contributed by atoms with Crippen LogP contribution in [0.1, 0.15) is 25.0 Å². The Labute approximate surface area is 85.1 Å². The van der Waals surface area contributed by atoms with Gasteiger partial charge in [0.2, 0.25) is 0 Å². The Hall–Kier alpha value is -1.49. The zero-order valence-electron chi connectivity index (χ0n) is 9.09. The smallest absolute Gasteiger partial charge is 0.122 e. The van der Waals surface area contributed by atoms with Crippen LogP contribution >= 0.6 is 0 Å². The summed E-state index contributed by atoms with van der Waals surface area (Å²) in [4.78, 5) is 0. The van der Waals surface area contributed by atoms with Crippen molar-refractivity contribution in [3.63, 3.8) is 0 Å². The summed E-state index contributed by atoms with van der Waals surface area (Å²) in [6.07, 6.45) is 0. The molecular weight excluding hydrogens is 174 g/mol. The predicted octanol–water partition coefficient (Wildman–Crippen LogP) is 2.80. The molecule has 0 fully saturated rings. The van der Waals surface area contributed by atoms with Gasteiger partial charge in [0.1, 0.15) is 5.75 Å². The molecule has 0 saturated heterocycles. The first-order valence-electron chi connectivity index (χ1n) is 4.57. The van der Waals surface area contributed by atoms with Crippen molar-refractivity contribution >= 4 is 0 Å². The summed E-state index contributed by atoms with van der Waals surface area (Å²) in [7, 11) is 1.64. The van der Waals surface area contributed by atoms with E-state index in [1.54, 1.807) is 7.11 Å². The third kappa shape index (κ3) is 1.88. The molecule has 14 heavy (non-hydrogen) atoms. The largest absolute Gasteiger partial charge is 0.496 e. The topological polar surface area (TPSA) is 33.0 Å². The number of nitriles is 1. The molecule has 1 aromatic rings. The molecule has 1 aromatic carbocycles. The molecule has 0 unspecified atom stereocenters. The Balaban J connectivity index is 3.21. The Morgan fingerprint density at radius 3 is 2.50 bits per heavy atom. The summed E-state index contributed by atoms with van der Waals surface area (Å²) in [5, 5.41) is 8.99. The Kier molecular flexibility index (Phi) is 2.81. The van der Waals surface area contributed by atoms with Gasteiger partial charge < -0.3 is 4.74 Å². The number of ether oxygens (including phenoxy) is 1. The maximum atomic E-state index is 8.99. The summed E-state index contributed by atoms with van der Waals surface area (Å²) in [6, 6.07) is 8.15. The van der Waals surface area contributed by atoms with Gasteiger partial charge in [0, 0.05) is 0 Å². The molecule has 0 spiro atoms. The maximum Gasteiger partial charge on any atom is 0.122 e. The van der Waals surface area contributed by atoms with Crippen LogP contribution in [0.25, 0.3) is 0 Å². The van der Waals surface area contributed by atoms with Crippen molar-refractivity contribution in [3.05, 3.63) is 29.3 Å². The lowest BCUT2D eigenvalue weighted by molar-refractivity contribution is 0.410. The molecule has 1 rings (SSSR count). The second-order valence-electron chi connectivity index (χ2n) is 3.92. The lowest BCUT2D eigenvalue weighted by Gasteiger charge is -2.17. The number of benzene rings is 1. The van der Waals surface area contributed by atoms with Crippen LogP contribution in [0.4, 0.5) is 0 Å². The van der Waals surface area contributed by atoms with Crippen molar-refractivity contribution in [1.29, 1.82) is 5.26 Å². The van der Waals surface area contributed by atoms with Crippen LogP contribution in [0.5, 0.6) is 5.75 Å². The molecule has 0 atom stereocenters. The molecule has 2 heteroatoms. The maximum absolute atomic E-state index is 8.99. The van der Waals surface area contributed by atoms with Gasteiger partial charge in [0.25, 0.3) is 0 Å². The van der Waals surface area contributed by atoms with Crippen molar-refractivity contribution in [2.24, 2.45) is 0 Å². The van der Waals surface area contributed by atoms with Crippen LogP contribution in [0.3, 0.4) is 0 Å². The third-order valence-electron chi connectivity index (χ3n) is 2.41. The van der Waals surface area contributed by atoms with E-state index in [4.69, 9.17) is 10.00 Å². The van der Waals surface area contributed by atoms with Crippen molar-refractivity contribution < 1.29 is 4.74 Å². The Morgan fingerprint density at radius 1 is 1.36 bits per heavy atom. The van der Waals surface area contributed by atoms with Crippen LogP contribution in [-0.2, 0) is 5.41 Å². The minimum absolute atomic E-state index is 0.457. The van der Waals surface area contributed by atoms with Crippen LogP contribution < -0.4 is 4.74 Å². The molecule has 0 aliphatic heterocycles. The molecule has 0 N–H and O–H groups in total. The highest BCUT2D eigenvalue weighted by atomic mass is 16.5. The molecule has 0 radical (unpaired) electrons. The summed E-state index contributed by atoms with van der Waals surface area (Å²) < 4.78 is 5.22. The monoisotopic (exact) mass is 189 g/mol. The first kappa shape index (κ1) is 10.6. The van der Waals surface area contributed by atoms with Crippen LogP contribution in [-0.4, -0.2) is 7.11 Å². The molecule has 2 nitrogen and oxygen atoms in total. The second-order valence-corrected chi connectivity index (χ2v) is 3.92. The van der Waals surface area contributed by atoms with Gasteiger partial charge >= 0.3 is 0 Å². The standard InChI is InChI=1S/C12H15NO/c1-9-5-6-10(7-11(9)14-4)12(2,3)8-13/h5-7H,1-4H3. The third-order valence-corrected chi connectivity index (χ3v) is 2.41. The van der Waals surface area contributed by atoms with Crippen LogP contribution in [0, 0.1) is 18.3 Å². The number of nitrogens with zero attached hydrogens (tertiary/aromatic N) is 1. The van der Waals surface area contributed by atoms with Gasteiger partial charge in [-0.05, 0) is 38.0 Å². The SMILES string of the molecule is COc1cc(C(C)(C)C#N)ccc1C. The molecule has 0 amide bonds. The van der Waals surface area contributed by atoms with Gasteiger partial charge in [-0.15, -0.1) is 0 Å². The lowest BCUT2D eigenvalue weighted by Crippen LogP contribution is -2.13. The Bertz CT molecular complexity index is 374. The van der Waals surface area contributed by atoms with E-state index >= 15 is 0 Å². The van der Waals surface area contributed by atoms with Crippen molar-refractivity contribution in [1.82, 2.24) is 0 Å². The van der Waals surface area contributed by atoms with Gasteiger partial charge in [-0.2, -0.15) is 5.26 Å². The average Bonchev–Trinajstić information content (AvgIpc) is 2.18. The summed E-state index contributed by atoms with van der Waals surface area (Å²) in [6.45, 7) is 5.79. The zero-order chi connectivity index (χ0) is 10.8. The minimum atomic E-state index is -0.457. The molecular formula is C12H15NO. The van der Waals surface area contributed by atoms with Crippen molar-refractivity contribution in [2.75, 3.05) is 7.11 Å². The predicted molar refractivity (Wildman–Crippen MR) is 56.4 cm³/mol. The van der Waals surface area contributed by atoms with E-state index in [0.29, 0.717) is 0 Å². The van der Waals surface area contributed by atoms with E-state index in [9.17, 15) is 0 Å². The number of hydrogen-bond donors (Lipinski definition) is 0. The fraction of sp³-hybridized carbons (Fsp3) is 0.417. The number of methoxy groups -OCH3 is 1. The lowest BCUT2D eigenvalue weighted by atomic mass is 9.86. The van der Waals surface area contributed by atoms with Gasteiger partial charge in [0.15, 0.2) is 0 Å². The fourth-order valence-electron chi connectivity index (χ4n) is 1.27. The highest BCUT2D eigenvalue weighted by Crippen LogP contribution is 2.27. The number of hydrogen-bond acceptors (Lipinski definition) is 2. The summed E-state index contributed by atoms with van der Waals surface area (Å²) in [5.41, 5.74) is 1.62. The van der Waals surface area contributed by atoms with E-state index in [1.165, 1.54) is 0 Å². The van der Waals surface area contributed by atoms with Crippen LogP contribution in [0.2, 0.25) is 0 Å². The highest BCUT2D eigenvalue weighted by Gasteiger charge is 2.20. The molecule has 0 aromatic heterocycles. The van der Waals surface area contributed by atoms with Gasteiger partial charge in [-0.3, -0.25) is 0 Å². The highest BCUT2D eigenvalue weighted by molar-refractivity contribution is 5.41. The summed E-state index contributed by atoms with van der Waals surface area (Å²) in [5.74, 6) is 0.839. The number of rotatable bonds is 2. The Morgan fingerprint density at radius 2 is 2.00 bits per heavy atom. The van der Waals surface area contributed by atoms with E-state index in [0.717, 1.165) is 16.9 Å². The van der Waals surface area contributed by atoms with Gasteiger partial charge in [-0.25, -0.2) is 0 Å². The van der Waals surface area contributed by atoms with Gasteiger partial charge in [0.05, 0.1) is 18.6 Å². The van der Waals surface area contributed by atoms with E-state index in [1.807, 2.05) is 39.0 Å². The van der Waals surface area contributed by atoms with Crippen LogP contribution in [0.15, 0.2) is 18.2 Å². The number of aryl methyl sites for hydroxylation is 1. The minimum Gasteiger partial charge on any atom is -0.496 e. The zero-order valence-corrected chi connectivity index (χ0v) is 9.09. The van der Waals surface area contributed by atoms with Gasteiger partial charge in [-0.1, -0.05) is 12.1 Å². The van der Waals surface area contributed by atoms with Crippen molar-refractivity contribution in [2.45, 2.75) is 26.2 Å². The average molecular weight is 189 g/mol. The molecule has 0 heterocycles. The van der Waals surface area contributed by atoms with E-state index in [-0.39, 0.29) is 0 Å². The molecule has 0 aliphatic carbocycles. The first-order valence-corrected chi connectivity index (χ1v) is 4.57.